The van der Waals surface area contributed by atoms with Crippen molar-refractivity contribution in [1.82, 2.24) is 0 Å². The van der Waals surface area contributed by atoms with E-state index in [0.29, 0.717) is 10.7 Å². The van der Waals surface area contributed by atoms with Crippen LogP contribution in [0, 0.1) is 24.2 Å². The minimum Gasteiger partial charge on any atom is -0.353 e. The molecule has 0 saturated carbocycles. The highest BCUT2D eigenvalue weighted by Crippen LogP contribution is 2.51. The van der Waals surface area contributed by atoms with Gasteiger partial charge in [-0.2, -0.15) is 0 Å². The van der Waals surface area contributed by atoms with Crippen LogP contribution in [0.5, 0.6) is 0 Å². The molecule has 0 N–H and O–H groups in total. The van der Waals surface area contributed by atoms with Crippen LogP contribution in [0.15, 0.2) is 48.5 Å². The quantitative estimate of drug-likeness (QED) is 0.586. The lowest BCUT2D eigenvalue weighted by Gasteiger charge is -2.39. The Morgan fingerprint density at radius 3 is 2.21 bits per heavy atom. The molecule has 0 aliphatic carbocycles. The predicted molar refractivity (Wildman–Crippen MR) is 130 cm³/mol. The fraction of sp³-hybridized carbons (Fsp3) is 0.370. The van der Waals surface area contributed by atoms with Crippen LogP contribution in [0.25, 0.3) is 5.57 Å². The van der Waals surface area contributed by atoms with E-state index >= 15 is 0 Å². The monoisotopic (exact) mass is 462 g/mol. The Kier molecular flexibility index (Phi) is 4.84. The zero-order chi connectivity index (χ0) is 23.8. The average molecular weight is 463 g/mol. The lowest BCUT2D eigenvalue weighted by atomic mass is 9.79. The summed E-state index contributed by atoms with van der Waals surface area (Å²) in [6.45, 7) is 9.68. The maximum absolute atomic E-state index is 13.8. The summed E-state index contributed by atoms with van der Waals surface area (Å²) in [5, 5.41) is 0.530. The Morgan fingerprint density at radius 2 is 1.58 bits per heavy atom. The zero-order valence-electron chi connectivity index (χ0n) is 19.4. The molecular formula is C27H27ClN2O3. The Balaban J connectivity index is 1.68. The van der Waals surface area contributed by atoms with Crippen LogP contribution in [-0.4, -0.2) is 29.7 Å². The number of imide groups is 1. The molecular weight excluding hydrogens is 436 g/mol. The van der Waals surface area contributed by atoms with Crippen molar-refractivity contribution in [2.75, 3.05) is 9.80 Å². The summed E-state index contributed by atoms with van der Waals surface area (Å²) in [5.41, 5.74) is 3.97. The molecule has 5 nitrogen and oxygen atoms in total. The van der Waals surface area contributed by atoms with Gasteiger partial charge in [-0.05, 0) is 55.8 Å². The number of benzene rings is 2. The number of carbonyl (C=O) groups excluding carboxylic acids is 3. The van der Waals surface area contributed by atoms with E-state index in [1.165, 1.54) is 4.90 Å². The average Bonchev–Trinajstić information content (AvgIpc) is 3.21. The number of hydrogen-bond acceptors (Lipinski definition) is 4. The number of halogens is 1. The molecule has 0 spiro atoms. The van der Waals surface area contributed by atoms with Gasteiger partial charge in [-0.25, -0.2) is 4.90 Å². The molecule has 4 atom stereocenters. The summed E-state index contributed by atoms with van der Waals surface area (Å²) in [6, 6.07) is 11.8. The van der Waals surface area contributed by atoms with E-state index in [1.807, 2.05) is 51.7 Å². The van der Waals surface area contributed by atoms with Crippen LogP contribution in [0.2, 0.25) is 5.02 Å². The molecule has 2 aromatic rings. The molecule has 3 aliphatic heterocycles. The van der Waals surface area contributed by atoms with Gasteiger partial charge in [-0.15, -0.1) is 0 Å². The summed E-state index contributed by atoms with van der Waals surface area (Å²) in [7, 11) is 0. The van der Waals surface area contributed by atoms with Crippen molar-refractivity contribution in [1.29, 1.82) is 0 Å². The standard InChI is InChI=1S/C27H27ClN2O3/c1-14-6-11-19-18(12-14)15(2)13-20-21-22(23(30(19)20)24(31)27(3,4)5)26(33)29(25(21)32)17-9-7-16(28)8-10-17/h6-13,20-23H,1-5H3/t20-,21-,22+,23+/m1/s1. The molecule has 0 radical (unpaired) electrons. The van der Waals surface area contributed by atoms with Crippen LogP contribution in [-0.2, 0) is 14.4 Å². The maximum atomic E-state index is 13.8. The molecule has 0 unspecified atom stereocenters. The Morgan fingerprint density at radius 1 is 0.939 bits per heavy atom. The molecule has 0 aromatic heterocycles. The number of rotatable bonds is 2. The smallest absolute Gasteiger partial charge is 0.240 e. The molecule has 170 valence electrons. The molecule has 2 fully saturated rings. The van der Waals surface area contributed by atoms with E-state index in [1.54, 1.807) is 24.3 Å². The normalized spacial score (nSPS) is 26.2. The molecule has 0 bridgehead atoms. The highest BCUT2D eigenvalue weighted by Gasteiger charge is 2.65. The summed E-state index contributed by atoms with van der Waals surface area (Å²) in [5.74, 6) is -1.95. The number of fused-ring (bicyclic) bond motifs is 5. The SMILES string of the molecule is CC1=C[C@@H]2[C@H]3C(=O)N(c4ccc(Cl)cc4)C(=O)[C@@H]3[C@@H](C(=O)C(C)(C)C)N2c2ccc(C)cc21. The van der Waals surface area contributed by atoms with E-state index in [2.05, 4.69) is 12.1 Å². The van der Waals surface area contributed by atoms with Crippen molar-refractivity contribution < 1.29 is 14.4 Å². The summed E-state index contributed by atoms with van der Waals surface area (Å²) in [4.78, 5) is 44.6. The Hall–Kier alpha value is -2.92. The van der Waals surface area contributed by atoms with E-state index in [0.717, 1.165) is 22.4 Å². The Bertz CT molecular complexity index is 1220. The molecule has 2 saturated heterocycles. The third-order valence-electron chi connectivity index (χ3n) is 7.10. The van der Waals surface area contributed by atoms with Gasteiger partial charge in [-0.1, -0.05) is 50.1 Å². The van der Waals surface area contributed by atoms with Gasteiger partial charge in [0.25, 0.3) is 0 Å². The fourth-order valence-corrected chi connectivity index (χ4v) is 5.67. The number of anilines is 2. The second-order valence-corrected chi connectivity index (χ2v) is 10.8. The van der Waals surface area contributed by atoms with Gasteiger partial charge in [-0.3, -0.25) is 14.4 Å². The molecule has 2 amide bonds. The van der Waals surface area contributed by atoms with Crippen molar-refractivity contribution in [2.45, 2.75) is 46.7 Å². The van der Waals surface area contributed by atoms with Crippen molar-refractivity contribution in [2.24, 2.45) is 17.3 Å². The topological polar surface area (TPSA) is 57.7 Å². The van der Waals surface area contributed by atoms with Gasteiger partial charge in [0, 0.05) is 21.7 Å². The van der Waals surface area contributed by atoms with E-state index in [-0.39, 0.29) is 23.6 Å². The number of carbonyl (C=O) groups is 3. The number of allylic oxidation sites excluding steroid dienone is 1. The van der Waals surface area contributed by atoms with Gasteiger partial charge in [0.15, 0.2) is 5.78 Å². The lowest BCUT2D eigenvalue weighted by molar-refractivity contribution is -0.132. The lowest BCUT2D eigenvalue weighted by Crippen LogP contribution is -2.51. The number of amides is 2. The third kappa shape index (κ3) is 3.17. The van der Waals surface area contributed by atoms with Gasteiger partial charge < -0.3 is 4.90 Å². The number of hydrogen-bond donors (Lipinski definition) is 0. The number of ketones is 1. The molecule has 5 rings (SSSR count). The second-order valence-electron chi connectivity index (χ2n) is 10.4. The summed E-state index contributed by atoms with van der Waals surface area (Å²) in [6.07, 6.45) is 2.06. The number of Topliss-reactive ketones (excluding diaryl/α,β-unsaturated/α-hetero) is 1. The van der Waals surface area contributed by atoms with Gasteiger partial charge in [0.1, 0.15) is 6.04 Å². The molecule has 2 aromatic carbocycles. The first-order valence-electron chi connectivity index (χ1n) is 11.3. The van der Waals surface area contributed by atoms with E-state index in [4.69, 9.17) is 11.6 Å². The van der Waals surface area contributed by atoms with Crippen LogP contribution in [0.1, 0.15) is 38.8 Å². The van der Waals surface area contributed by atoms with E-state index in [9.17, 15) is 14.4 Å². The van der Waals surface area contributed by atoms with E-state index < -0.39 is 23.3 Å². The highest BCUT2D eigenvalue weighted by atomic mass is 35.5. The first-order valence-corrected chi connectivity index (χ1v) is 11.6. The van der Waals surface area contributed by atoms with Crippen molar-refractivity contribution in [3.63, 3.8) is 0 Å². The second kappa shape index (κ2) is 7.29. The fourth-order valence-electron chi connectivity index (χ4n) is 5.54. The number of nitrogens with zero attached hydrogens (tertiary/aromatic N) is 2. The summed E-state index contributed by atoms with van der Waals surface area (Å²) < 4.78 is 0. The summed E-state index contributed by atoms with van der Waals surface area (Å²) >= 11 is 6.02. The molecule has 6 heteroatoms. The Labute approximate surface area is 199 Å². The number of aryl methyl sites for hydroxylation is 1. The van der Waals surface area contributed by atoms with Gasteiger partial charge in [0.2, 0.25) is 11.8 Å². The molecule has 3 heterocycles. The zero-order valence-corrected chi connectivity index (χ0v) is 20.2. The first kappa shape index (κ1) is 21.9. The van der Waals surface area contributed by atoms with Crippen molar-refractivity contribution in [3.8, 4) is 0 Å². The van der Waals surface area contributed by atoms with Crippen LogP contribution in [0.4, 0.5) is 11.4 Å². The predicted octanol–water partition coefficient (Wildman–Crippen LogP) is 5.04. The maximum Gasteiger partial charge on any atom is 0.240 e. The highest BCUT2D eigenvalue weighted by molar-refractivity contribution is 6.31. The van der Waals surface area contributed by atoms with Gasteiger partial charge >= 0.3 is 0 Å². The largest absolute Gasteiger partial charge is 0.353 e. The van der Waals surface area contributed by atoms with Crippen molar-refractivity contribution in [3.05, 3.63) is 64.7 Å². The molecule has 33 heavy (non-hydrogen) atoms. The van der Waals surface area contributed by atoms with Crippen LogP contribution < -0.4 is 9.80 Å². The minimum atomic E-state index is -0.735. The van der Waals surface area contributed by atoms with Crippen LogP contribution >= 0.6 is 11.6 Å². The minimum absolute atomic E-state index is 0.0291. The third-order valence-corrected chi connectivity index (χ3v) is 7.35. The van der Waals surface area contributed by atoms with Crippen LogP contribution in [0.3, 0.4) is 0 Å². The van der Waals surface area contributed by atoms with Crippen molar-refractivity contribution >= 4 is 46.1 Å². The first-order chi connectivity index (χ1) is 15.5. The molecule has 3 aliphatic rings. The van der Waals surface area contributed by atoms with Gasteiger partial charge in [0.05, 0.1) is 23.6 Å².